The molecule has 0 bridgehead atoms. The Bertz CT molecular complexity index is 3170. The van der Waals surface area contributed by atoms with Gasteiger partial charge in [0.15, 0.2) is 34.6 Å². The van der Waals surface area contributed by atoms with Crippen LogP contribution in [0.2, 0.25) is 0 Å². The lowest BCUT2D eigenvalue weighted by atomic mass is 9.76. The van der Waals surface area contributed by atoms with Crippen molar-refractivity contribution in [3.63, 3.8) is 0 Å². The van der Waals surface area contributed by atoms with Crippen molar-refractivity contribution in [2.45, 2.75) is 31.0 Å². The molecule has 3 aliphatic rings. The molecule has 0 N–H and O–H groups in total. The van der Waals surface area contributed by atoms with Gasteiger partial charge >= 0.3 is 6.18 Å². The third-order valence-corrected chi connectivity index (χ3v) is 13.4. The molecule has 11 rings (SSSR count). The lowest BCUT2D eigenvalue weighted by Gasteiger charge is -2.39. The van der Waals surface area contributed by atoms with Gasteiger partial charge in [0.2, 0.25) is 0 Å². The number of methoxy groups -OCH3 is 2. The second-order valence-corrected chi connectivity index (χ2v) is 17.6. The minimum atomic E-state index is -4.51. The average Bonchev–Trinajstić information content (AvgIpc) is 3.62. The Hall–Kier alpha value is -7.50. The molecule has 1 atom stereocenters. The number of rotatable bonds is 8. The predicted octanol–water partition coefficient (Wildman–Crippen LogP) is 12.6. The zero-order valence-corrected chi connectivity index (χ0v) is 37.3. The van der Waals surface area contributed by atoms with Gasteiger partial charge in [-0.05, 0) is 70.1 Å². The van der Waals surface area contributed by atoms with Crippen LogP contribution in [0.25, 0.3) is 62.1 Å². The number of fused-ring (bicyclic) bond motifs is 8. The Morgan fingerprint density at radius 1 is 0.627 bits per heavy atom. The highest BCUT2D eigenvalue weighted by Gasteiger charge is 2.46. The van der Waals surface area contributed by atoms with Crippen LogP contribution in [-0.2, 0) is 21.9 Å². The molecule has 8 nitrogen and oxygen atoms in total. The highest BCUT2D eigenvalue weighted by molar-refractivity contribution is 6.09. The van der Waals surface area contributed by atoms with Crippen LogP contribution in [-0.4, -0.2) is 55.5 Å². The molecule has 1 aromatic heterocycles. The molecular weight excluding hydrogens is 850 g/mol. The fourth-order valence-corrected chi connectivity index (χ4v) is 10.0. The van der Waals surface area contributed by atoms with Gasteiger partial charge in [0.1, 0.15) is 5.75 Å². The zero-order valence-electron chi connectivity index (χ0n) is 37.3. The number of nitrogens with zero attached hydrogens (tertiary/aromatic N) is 4. The maximum Gasteiger partial charge on any atom is 0.416 e. The Balaban J connectivity index is 1.10. The van der Waals surface area contributed by atoms with Crippen LogP contribution in [0.15, 0.2) is 146 Å². The van der Waals surface area contributed by atoms with Crippen molar-refractivity contribution in [1.82, 2.24) is 15.0 Å². The highest BCUT2D eigenvalue weighted by Crippen LogP contribution is 2.59. The minimum absolute atomic E-state index is 0.492. The van der Waals surface area contributed by atoms with Gasteiger partial charge < -0.3 is 23.8 Å². The summed E-state index contributed by atoms with van der Waals surface area (Å²) in [5.41, 5.74) is 6.44. The van der Waals surface area contributed by atoms with Crippen LogP contribution in [0.1, 0.15) is 47.2 Å². The molecule has 67 heavy (non-hydrogen) atoms. The summed E-state index contributed by atoms with van der Waals surface area (Å²) < 4.78 is 67.9. The molecular formula is C56H45F3N4O4. The third kappa shape index (κ3) is 7.07. The Labute approximate surface area is 386 Å². The first-order valence-electron chi connectivity index (χ1n) is 22.2. The lowest BCUT2D eigenvalue weighted by Crippen LogP contribution is -2.37. The molecule has 0 spiro atoms. The largest absolute Gasteiger partial charge is 0.493 e. The number of hydrogen-bond donors (Lipinski definition) is 0. The van der Waals surface area contributed by atoms with Crippen LogP contribution in [0.5, 0.6) is 17.2 Å². The van der Waals surface area contributed by atoms with Gasteiger partial charge in [-0.15, -0.1) is 0 Å². The van der Waals surface area contributed by atoms with E-state index >= 15 is 0 Å². The van der Waals surface area contributed by atoms with Crippen molar-refractivity contribution in [2.75, 3.05) is 45.4 Å². The molecule has 0 amide bonds. The van der Waals surface area contributed by atoms with E-state index in [0.29, 0.717) is 53.5 Å². The Morgan fingerprint density at radius 2 is 1.16 bits per heavy atom. The summed E-state index contributed by atoms with van der Waals surface area (Å²) in [5.74, 6) is 3.21. The van der Waals surface area contributed by atoms with Crippen LogP contribution < -0.4 is 19.1 Å². The fourth-order valence-electron chi connectivity index (χ4n) is 10.0. The monoisotopic (exact) mass is 894 g/mol. The number of morpholine rings is 1. The smallest absolute Gasteiger partial charge is 0.416 e. The van der Waals surface area contributed by atoms with Gasteiger partial charge in [0.05, 0.1) is 33.0 Å². The number of hydrogen-bond acceptors (Lipinski definition) is 8. The molecule has 8 aromatic rings. The first kappa shape index (κ1) is 42.2. The SMILES string of the molecule is COc1cc2c3c(c4c(c2cc1OC)-c1ccc(C(F)(F)F)cc1C4(C)C)C=CC(c1ccc(-c2nc(-c4ccccc4)nc(-c4ccccc4)n2)cc1)(c1ccc(N2CCOCC2)cc1)O3. The van der Waals surface area contributed by atoms with E-state index in [1.54, 1.807) is 20.3 Å². The summed E-state index contributed by atoms with van der Waals surface area (Å²) in [6.07, 6.45) is -0.351. The number of benzene rings is 7. The molecule has 1 unspecified atom stereocenters. The van der Waals surface area contributed by atoms with Crippen LogP contribution in [0, 0.1) is 0 Å². The van der Waals surface area contributed by atoms with Crippen molar-refractivity contribution < 1.29 is 32.1 Å². The maximum atomic E-state index is 14.3. The molecule has 1 aliphatic carbocycles. The van der Waals surface area contributed by atoms with Crippen LogP contribution in [0.4, 0.5) is 18.9 Å². The first-order chi connectivity index (χ1) is 32.5. The van der Waals surface area contributed by atoms with Crippen LogP contribution in [0.3, 0.4) is 0 Å². The van der Waals surface area contributed by atoms with E-state index in [2.05, 4.69) is 41.3 Å². The summed E-state index contributed by atoms with van der Waals surface area (Å²) in [4.78, 5) is 17.2. The van der Waals surface area contributed by atoms with E-state index in [1.807, 2.05) is 111 Å². The summed E-state index contributed by atoms with van der Waals surface area (Å²) in [5, 5.41) is 1.51. The van der Waals surface area contributed by atoms with Gasteiger partial charge in [-0.1, -0.05) is 123 Å². The van der Waals surface area contributed by atoms with E-state index in [1.165, 1.54) is 12.1 Å². The molecule has 1 fully saturated rings. The lowest BCUT2D eigenvalue weighted by molar-refractivity contribution is -0.137. The topological polar surface area (TPSA) is 78.8 Å². The van der Waals surface area contributed by atoms with Crippen molar-refractivity contribution in [2.24, 2.45) is 0 Å². The van der Waals surface area contributed by atoms with Gasteiger partial charge in [-0.3, -0.25) is 0 Å². The maximum absolute atomic E-state index is 14.3. The van der Waals surface area contributed by atoms with E-state index < -0.39 is 22.8 Å². The summed E-state index contributed by atoms with van der Waals surface area (Å²) >= 11 is 0. The van der Waals surface area contributed by atoms with Gasteiger partial charge in [-0.25, -0.2) is 15.0 Å². The standard InChI is InChI=1S/C56H45F3N4O4/c1-54(2)45-31-39(56(57,58)59)21-24-41(45)48-43-32-46(64-3)47(65-4)33-44(43)50-42(49(48)54)25-26-55(67-50,38-19-22-40(23-20-38)63-27-29-66-30-28-63)37-17-15-36(16-18-37)53-61-51(34-11-7-5-8-12-34)60-52(62-53)35-13-9-6-10-14-35/h5-26,31-33H,27-30H2,1-4H3. The fraction of sp³-hybridized carbons (Fsp3) is 0.196. The van der Waals surface area contributed by atoms with Crippen molar-refractivity contribution in [3.05, 3.63) is 179 Å². The molecule has 0 saturated carbocycles. The first-order valence-corrected chi connectivity index (χ1v) is 22.2. The summed E-state index contributed by atoms with van der Waals surface area (Å²) in [6, 6.07) is 44.2. The molecule has 7 aromatic carbocycles. The van der Waals surface area contributed by atoms with Crippen molar-refractivity contribution in [1.29, 1.82) is 0 Å². The number of halogens is 3. The number of alkyl halides is 3. The van der Waals surface area contributed by atoms with Crippen LogP contribution >= 0.6 is 0 Å². The minimum Gasteiger partial charge on any atom is -0.493 e. The molecule has 2 aliphatic heterocycles. The van der Waals surface area contributed by atoms with Gasteiger partial charge in [0, 0.05) is 63.0 Å². The third-order valence-electron chi connectivity index (χ3n) is 13.4. The zero-order chi connectivity index (χ0) is 46.1. The number of ether oxygens (including phenoxy) is 4. The molecule has 0 radical (unpaired) electrons. The van der Waals surface area contributed by atoms with E-state index in [9.17, 15) is 13.2 Å². The second-order valence-electron chi connectivity index (χ2n) is 17.6. The second kappa shape index (κ2) is 16.1. The van der Waals surface area contributed by atoms with Crippen molar-refractivity contribution >= 4 is 22.5 Å². The van der Waals surface area contributed by atoms with Gasteiger partial charge in [0.25, 0.3) is 0 Å². The predicted molar refractivity (Wildman–Crippen MR) is 256 cm³/mol. The Kier molecular flexibility index (Phi) is 10.1. The quantitative estimate of drug-likeness (QED) is 0.149. The average molecular weight is 895 g/mol. The summed E-state index contributed by atoms with van der Waals surface area (Å²) in [7, 11) is 3.16. The molecule has 334 valence electrons. The number of aromatic nitrogens is 3. The van der Waals surface area contributed by atoms with E-state index in [4.69, 9.17) is 33.9 Å². The normalized spacial score (nSPS) is 17.1. The molecule has 3 heterocycles. The molecule has 1 saturated heterocycles. The number of anilines is 1. The highest BCUT2D eigenvalue weighted by atomic mass is 19.4. The Morgan fingerprint density at radius 3 is 1.72 bits per heavy atom. The van der Waals surface area contributed by atoms with E-state index in [-0.39, 0.29) is 0 Å². The summed E-state index contributed by atoms with van der Waals surface area (Å²) in [6.45, 7) is 6.86. The molecule has 11 heteroatoms. The van der Waals surface area contributed by atoms with Crippen molar-refractivity contribution in [3.8, 4) is 62.5 Å². The van der Waals surface area contributed by atoms with E-state index in [0.717, 1.165) is 79.6 Å². The van der Waals surface area contributed by atoms with Gasteiger partial charge in [-0.2, -0.15) is 13.2 Å².